The normalized spacial score (nSPS) is 16.3. The van der Waals surface area contributed by atoms with Crippen LogP contribution in [0.4, 0.5) is 18.9 Å². The second-order valence-electron chi connectivity index (χ2n) is 6.74. The lowest BCUT2D eigenvalue weighted by Crippen LogP contribution is -2.33. The van der Waals surface area contributed by atoms with Crippen LogP contribution in [0.1, 0.15) is 49.5 Å². The topological polar surface area (TPSA) is 84.0 Å². The largest absolute Gasteiger partial charge is 0.416 e. The van der Waals surface area contributed by atoms with Gasteiger partial charge in [-0.3, -0.25) is 14.4 Å². The molecule has 0 unspecified atom stereocenters. The molecule has 154 valence electrons. The zero-order valence-electron chi connectivity index (χ0n) is 15.2. The van der Waals surface area contributed by atoms with Crippen molar-refractivity contribution in [3.05, 3.63) is 64.7 Å². The number of hydrogen-bond acceptors (Lipinski definition) is 5. The van der Waals surface area contributed by atoms with Crippen LogP contribution in [0.3, 0.4) is 0 Å². The maximum atomic E-state index is 13.3. The molecule has 0 aromatic heterocycles. The van der Waals surface area contributed by atoms with Gasteiger partial charge in [-0.25, -0.2) is 4.79 Å². The third-order valence-electron chi connectivity index (χ3n) is 4.80. The van der Waals surface area contributed by atoms with Gasteiger partial charge in [-0.1, -0.05) is 17.2 Å². The average Bonchev–Trinajstić information content (AvgIpc) is 3.24. The molecule has 10 heteroatoms. The summed E-state index contributed by atoms with van der Waals surface area (Å²) < 4.78 is 40.0. The molecular formula is C20H13F3N2O5. The Morgan fingerprint density at radius 3 is 2.13 bits per heavy atom. The first-order chi connectivity index (χ1) is 14.2. The van der Waals surface area contributed by atoms with E-state index in [2.05, 4.69) is 0 Å². The Morgan fingerprint density at radius 2 is 1.60 bits per heavy atom. The summed E-state index contributed by atoms with van der Waals surface area (Å²) in [6.07, 6.45) is -4.13. The number of nitrogens with zero attached hydrogens (tertiary/aromatic N) is 2. The summed E-state index contributed by atoms with van der Waals surface area (Å²) in [5, 5.41) is 0.216. The lowest BCUT2D eigenvalue weighted by Gasteiger charge is -2.19. The first kappa shape index (κ1) is 19.6. The summed E-state index contributed by atoms with van der Waals surface area (Å²) in [7, 11) is 0. The predicted molar refractivity (Wildman–Crippen MR) is 95.4 cm³/mol. The van der Waals surface area contributed by atoms with Crippen LogP contribution in [-0.4, -0.2) is 35.3 Å². The summed E-state index contributed by atoms with van der Waals surface area (Å²) >= 11 is 0. The Morgan fingerprint density at radius 1 is 0.967 bits per heavy atom. The SMILES string of the molecule is O=C(ON1C(=O)c2ccccc2C1=O)c1cc(N2CCCC2=O)cc(C(F)(F)F)c1. The minimum Gasteiger partial charge on any atom is -0.324 e. The van der Waals surface area contributed by atoms with Gasteiger partial charge in [0.05, 0.1) is 22.3 Å². The van der Waals surface area contributed by atoms with E-state index in [0.29, 0.717) is 12.5 Å². The number of carbonyl (C=O) groups is 4. The van der Waals surface area contributed by atoms with E-state index in [9.17, 15) is 32.3 Å². The molecular weight excluding hydrogens is 405 g/mol. The number of carbonyl (C=O) groups excluding carboxylic acids is 4. The van der Waals surface area contributed by atoms with Crippen LogP contribution in [0.25, 0.3) is 0 Å². The first-order valence-electron chi connectivity index (χ1n) is 8.89. The minimum atomic E-state index is -4.79. The molecule has 0 bridgehead atoms. The molecule has 0 radical (unpaired) electrons. The van der Waals surface area contributed by atoms with Crippen molar-refractivity contribution in [3.8, 4) is 0 Å². The van der Waals surface area contributed by atoms with E-state index < -0.39 is 35.1 Å². The maximum absolute atomic E-state index is 13.3. The van der Waals surface area contributed by atoms with Crippen molar-refractivity contribution in [1.29, 1.82) is 0 Å². The van der Waals surface area contributed by atoms with E-state index in [1.54, 1.807) is 0 Å². The fourth-order valence-corrected chi connectivity index (χ4v) is 3.36. The molecule has 2 heterocycles. The Labute approximate surface area is 167 Å². The van der Waals surface area contributed by atoms with E-state index in [0.717, 1.165) is 17.0 Å². The summed E-state index contributed by atoms with van der Waals surface area (Å²) in [4.78, 5) is 55.1. The summed E-state index contributed by atoms with van der Waals surface area (Å²) in [6.45, 7) is 0.215. The van der Waals surface area contributed by atoms with Gasteiger partial charge in [-0.05, 0) is 36.8 Å². The third-order valence-corrected chi connectivity index (χ3v) is 4.80. The Hall–Kier alpha value is -3.69. The molecule has 0 atom stereocenters. The second kappa shape index (κ2) is 6.97. The molecule has 3 amide bonds. The lowest BCUT2D eigenvalue weighted by molar-refractivity contribution is -0.137. The minimum absolute atomic E-state index is 0.0164. The number of hydrogen-bond donors (Lipinski definition) is 0. The summed E-state index contributed by atoms with van der Waals surface area (Å²) in [5.41, 5.74) is -1.78. The number of anilines is 1. The predicted octanol–water partition coefficient (Wildman–Crippen LogP) is 3.20. The first-order valence-corrected chi connectivity index (χ1v) is 8.89. The molecule has 0 aliphatic carbocycles. The second-order valence-corrected chi connectivity index (χ2v) is 6.74. The molecule has 0 saturated carbocycles. The van der Waals surface area contributed by atoms with Gasteiger partial charge in [0.25, 0.3) is 11.8 Å². The van der Waals surface area contributed by atoms with Crippen LogP contribution in [-0.2, 0) is 15.8 Å². The highest BCUT2D eigenvalue weighted by molar-refractivity contribution is 6.21. The molecule has 2 aromatic carbocycles. The number of benzene rings is 2. The molecule has 7 nitrogen and oxygen atoms in total. The smallest absolute Gasteiger partial charge is 0.324 e. The van der Waals surface area contributed by atoms with Crippen LogP contribution in [0.15, 0.2) is 42.5 Å². The quantitative estimate of drug-likeness (QED) is 0.715. The van der Waals surface area contributed by atoms with Crippen molar-refractivity contribution in [1.82, 2.24) is 5.06 Å². The van der Waals surface area contributed by atoms with Gasteiger partial charge in [0.1, 0.15) is 0 Å². The average molecular weight is 418 g/mol. The number of halogens is 3. The van der Waals surface area contributed by atoms with Gasteiger partial charge in [-0.2, -0.15) is 13.2 Å². The number of fused-ring (bicyclic) bond motifs is 1. The highest BCUT2D eigenvalue weighted by Crippen LogP contribution is 2.34. The van der Waals surface area contributed by atoms with Crippen LogP contribution in [0, 0.1) is 0 Å². The van der Waals surface area contributed by atoms with Crippen molar-refractivity contribution in [2.24, 2.45) is 0 Å². The highest BCUT2D eigenvalue weighted by atomic mass is 19.4. The van der Waals surface area contributed by atoms with Gasteiger partial charge in [-0.15, -0.1) is 0 Å². The van der Waals surface area contributed by atoms with Gasteiger partial charge in [0.2, 0.25) is 5.91 Å². The highest BCUT2D eigenvalue weighted by Gasteiger charge is 2.39. The zero-order chi connectivity index (χ0) is 21.6. The van der Waals surface area contributed by atoms with Crippen LogP contribution in [0.2, 0.25) is 0 Å². The Bertz CT molecular complexity index is 1060. The van der Waals surface area contributed by atoms with Gasteiger partial charge in [0, 0.05) is 18.7 Å². The third kappa shape index (κ3) is 3.30. The molecule has 2 aromatic rings. The molecule has 30 heavy (non-hydrogen) atoms. The number of imide groups is 1. The summed E-state index contributed by atoms with van der Waals surface area (Å²) in [6, 6.07) is 8.14. The fraction of sp³-hybridized carbons (Fsp3) is 0.200. The molecule has 0 N–H and O–H groups in total. The number of hydroxylamine groups is 2. The monoisotopic (exact) mass is 418 g/mol. The molecule has 0 spiro atoms. The lowest BCUT2D eigenvalue weighted by atomic mass is 10.1. The van der Waals surface area contributed by atoms with E-state index in [1.165, 1.54) is 24.3 Å². The zero-order valence-corrected chi connectivity index (χ0v) is 15.2. The Kier molecular flexibility index (Phi) is 4.56. The van der Waals surface area contributed by atoms with Crippen molar-refractivity contribution in [3.63, 3.8) is 0 Å². The van der Waals surface area contributed by atoms with Gasteiger partial charge < -0.3 is 9.74 Å². The fourth-order valence-electron chi connectivity index (χ4n) is 3.36. The molecule has 4 rings (SSSR count). The van der Waals surface area contributed by atoms with Crippen molar-refractivity contribution >= 4 is 29.4 Å². The van der Waals surface area contributed by atoms with E-state index in [4.69, 9.17) is 4.84 Å². The van der Waals surface area contributed by atoms with Crippen molar-refractivity contribution in [2.75, 3.05) is 11.4 Å². The number of amides is 3. The number of rotatable bonds is 3. The van der Waals surface area contributed by atoms with Crippen LogP contribution < -0.4 is 4.90 Å². The maximum Gasteiger partial charge on any atom is 0.416 e. The van der Waals surface area contributed by atoms with Crippen molar-refractivity contribution < 1.29 is 37.2 Å². The van der Waals surface area contributed by atoms with Crippen molar-refractivity contribution in [2.45, 2.75) is 19.0 Å². The van der Waals surface area contributed by atoms with Crippen LogP contribution >= 0.6 is 0 Å². The standard InChI is InChI=1S/C20H13F3N2O5/c21-20(22,23)12-8-11(9-13(10-12)24-7-3-6-16(24)26)19(29)30-25-17(27)14-4-1-2-5-15(14)18(25)28/h1-2,4-5,8-10H,3,6-7H2. The van der Waals surface area contributed by atoms with E-state index in [-0.39, 0.29) is 40.8 Å². The van der Waals surface area contributed by atoms with Gasteiger partial charge >= 0.3 is 12.1 Å². The molecule has 1 saturated heterocycles. The number of alkyl halides is 3. The van der Waals surface area contributed by atoms with Gasteiger partial charge in [0.15, 0.2) is 0 Å². The molecule has 2 aliphatic heterocycles. The van der Waals surface area contributed by atoms with E-state index >= 15 is 0 Å². The Balaban J connectivity index is 1.66. The van der Waals surface area contributed by atoms with E-state index in [1.807, 2.05) is 0 Å². The molecule has 2 aliphatic rings. The molecule has 1 fully saturated rings. The summed E-state index contributed by atoms with van der Waals surface area (Å²) in [5.74, 6) is -3.49. The van der Waals surface area contributed by atoms with Crippen LogP contribution in [0.5, 0.6) is 0 Å².